The fourth-order valence-corrected chi connectivity index (χ4v) is 3.93. The van der Waals surface area contributed by atoms with Gasteiger partial charge in [0.05, 0.1) is 5.25 Å². The van der Waals surface area contributed by atoms with Crippen molar-refractivity contribution in [2.24, 2.45) is 5.73 Å². The summed E-state index contributed by atoms with van der Waals surface area (Å²) in [6.45, 7) is 0.662. The van der Waals surface area contributed by atoms with Gasteiger partial charge in [0, 0.05) is 22.2 Å². The third-order valence-corrected chi connectivity index (χ3v) is 5.30. The van der Waals surface area contributed by atoms with Crippen molar-refractivity contribution in [1.82, 2.24) is 0 Å². The van der Waals surface area contributed by atoms with Crippen molar-refractivity contribution in [2.45, 2.75) is 11.0 Å². The topological polar surface area (TPSA) is 26.0 Å². The smallest absolute Gasteiger partial charge is 0.0516 e. The number of hydrogen-bond acceptors (Lipinski definition) is 3. The summed E-state index contributed by atoms with van der Waals surface area (Å²) in [5.74, 6) is 0.902. The Morgan fingerprint density at radius 1 is 1.24 bits per heavy atom. The van der Waals surface area contributed by atoms with E-state index in [9.17, 15) is 0 Å². The predicted octanol–water partition coefficient (Wildman–Crippen LogP) is 4.33. The van der Waals surface area contributed by atoms with Gasteiger partial charge in [-0.2, -0.15) is 0 Å². The molecule has 0 saturated heterocycles. The highest BCUT2D eigenvalue weighted by molar-refractivity contribution is 7.98. The highest BCUT2D eigenvalue weighted by atomic mass is 35.5. The van der Waals surface area contributed by atoms with Gasteiger partial charge in [0.25, 0.3) is 0 Å². The number of halogens is 1. The highest BCUT2D eigenvalue weighted by Crippen LogP contribution is 2.34. The summed E-state index contributed by atoms with van der Waals surface area (Å²) in [6.07, 6.45) is 0. The Labute approximate surface area is 115 Å². The van der Waals surface area contributed by atoms with E-state index in [0.29, 0.717) is 11.8 Å². The zero-order chi connectivity index (χ0) is 12.1. The summed E-state index contributed by atoms with van der Waals surface area (Å²) in [4.78, 5) is 1.34. The lowest BCUT2D eigenvalue weighted by atomic mass is 10.2. The van der Waals surface area contributed by atoms with Gasteiger partial charge in [0.15, 0.2) is 0 Å². The van der Waals surface area contributed by atoms with E-state index in [4.69, 9.17) is 17.3 Å². The fourth-order valence-electron chi connectivity index (χ4n) is 1.55. The normalized spacial score (nSPS) is 12.6. The molecule has 1 atom stereocenters. The largest absolute Gasteiger partial charge is 0.329 e. The molecule has 4 heteroatoms. The Balaban J connectivity index is 2.00. The van der Waals surface area contributed by atoms with Crippen LogP contribution in [0.25, 0.3) is 0 Å². The van der Waals surface area contributed by atoms with Gasteiger partial charge in [0.1, 0.15) is 0 Å². The van der Waals surface area contributed by atoms with E-state index >= 15 is 0 Å². The van der Waals surface area contributed by atoms with Crippen molar-refractivity contribution >= 4 is 34.7 Å². The second-order valence-electron chi connectivity index (χ2n) is 3.64. The van der Waals surface area contributed by atoms with Crippen molar-refractivity contribution in [3.8, 4) is 0 Å². The van der Waals surface area contributed by atoms with Crippen molar-refractivity contribution in [1.29, 1.82) is 0 Å². The van der Waals surface area contributed by atoms with Gasteiger partial charge in [0.2, 0.25) is 0 Å². The first kappa shape index (κ1) is 13.0. The summed E-state index contributed by atoms with van der Waals surface area (Å²) in [7, 11) is 0. The van der Waals surface area contributed by atoms with Gasteiger partial charge >= 0.3 is 0 Å². The van der Waals surface area contributed by atoms with Crippen molar-refractivity contribution in [3.63, 3.8) is 0 Å². The average molecular weight is 284 g/mol. The second kappa shape index (κ2) is 6.45. The number of nitrogens with two attached hydrogens (primary N) is 1. The average Bonchev–Trinajstić information content (AvgIpc) is 2.86. The van der Waals surface area contributed by atoms with Crippen LogP contribution in [0.5, 0.6) is 0 Å². The molecule has 0 aliphatic carbocycles. The molecule has 0 saturated carbocycles. The zero-order valence-electron chi connectivity index (χ0n) is 9.30. The van der Waals surface area contributed by atoms with Gasteiger partial charge < -0.3 is 5.73 Å². The third-order valence-electron chi connectivity index (χ3n) is 2.47. The van der Waals surface area contributed by atoms with E-state index in [1.807, 2.05) is 30.0 Å². The van der Waals surface area contributed by atoms with Crippen LogP contribution in [-0.2, 0) is 5.75 Å². The molecule has 0 spiro atoms. The van der Waals surface area contributed by atoms with Crippen LogP contribution in [-0.4, -0.2) is 6.54 Å². The molecule has 1 aromatic heterocycles. The maximum atomic E-state index is 6.13. The summed E-state index contributed by atoms with van der Waals surface area (Å²) in [6, 6.07) is 12.2. The minimum atomic E-state index is 0.367. The van der Waals surface area contributed by atoms with E-state index in [-0.39, 0.29) is 0 Å². The lowest BCUT2D eigenvalue weighted by Crippen LogP contribution is -2.08. The van der Waals surface area contributed by atoms with E-state index in [1.54, 1.807) is 11.3 Å². The Morgan fingerprint density at radius 3 is 2.71 bits per heavy atom. The molecular formula is C13H14ClNS2. The Bertz CT molecular complexity index is 456. The number of thiophene rings is 1. The SMILES string of the molecule is NCC(SCc1ccccc1Cl)c1cccs1. The second-order valence-corrected chi connectivity index (χ2v) is 6.22. The van der Waals surface area contributed by atoms with Gasteiger partial charge in [-0.3, -0.25) is 0 Å². The Hall–Kier alpha value is -0.480. The van der Waals surface area contributed by atoms with E-state index in [1.165, 1.54) is 10.4 Å². The number of thioether (sulfide) groups is 1. The van der Waals surface area contributed by atoms with Gasteiger partial charge in [-0.05, 0) is 23.1 Å². The molecule has 1 unspecified atom stereocenters. The molecule has 0 aliphatic heterocycles. The summed E-state index contributed by atoms with van der Waals surface area (Å²) in [5.41, 5.74) is 6.99. The van der Waals surface area contributed by atoms with Crippen molar-refractivity contribution in [3.05, 3.63) is 57.2 Å². The van der Waals surface area contributed by atoms with E-state index in [2.05, 4.69) is 23.6 Å². The van der Waals surface area contributed by atoms with Gasteiger partial charge in [-0.15, -0.1) is 23.1 Å². The first-order valence-corrected chi connectivity index (χ1v) is 7.70. The Kier molecular flexibility index (Phi) is 4.92. The molecule has 0 radical (unpaired) electrons. The molecule has 1 aromatic carbocycles. The molecule has 0 aliphatic rings. The Morgan fingerprint density at radius 2 is 2.06 bits per heavy atom. The molecule has 2 aromatic rings. The van der Waals surface area contributed by atoms with Crippen LogP contribution in [0.4, 0.5) is 0 Å². The minimum Gasteiger partial charge on any atom is -0.329 e. The first-order valence-electron chi connectivity index (χ1n) is 5.39. The monoisotopic (exact) mass is 283 g/mol. The summed E-state index contributed by atoms with van der Waals surface area (Å²) >= 11 is 9.74. The van der Waals surface area contributed by atoms with Crippen molar-refractivity contribution in [2.75, 3.05) is 6.54 Å². The van der Waals surface area contributed by atoms with E-state index < -0.39 is 0 Å². The molecule has 0 fully saturated rings. The molecule has 17 heavy (non-hydrogen) atoms. The maximum Gasteiger partial charge on any atom is 0.0516 e. The predicted molar refractivity (Wildman–Crippen MR) is 78.9 cm³/mol. The fraction of sp³-hybridized carbons (Fsp3) is 0.231. The van der Waals surface area contributed by atoms with Crippen LogP contribution in [0, 0.1) is 0 Å². The molecule has 0 bridgehead atoms. The minimum absolute atomic E-state index is 0.367. The molecule has 2 N–H and O–H groups in total. The highest BCUT2D eigenvalue weighted by Gasteiger charge is 2.12. The van der Waals surface area contributed by atoms with Crippen LogP contribution in [0.2, 0.25) is 5.02 Å². The van der Waals surface area contributed by atoms with Crippen LogP contribution in [0.1, 0.15) is 15.7 Å². The standard InChI is InChI=1S/C13H14ClNS2/c14-11-5-2-1-4-10(11)9-17-13(8-15)12-6-3-7-16-12/h1-7,13H,8-9,15H2. The molecule has 90 valence electrons. The summed E-state index contributed by atoms with van der Waals surface area (Å²) in [5, 5.41) is 3.29. The number of rotatable bonds is 5. The maximum absolute atomic E-state index is 6.13. The van der Waals surface area contributed by atoms with Gasteiger partial charge in [-0.1, -0.05) is 35.9 Å². The molecule has 2 rings (SSSR count). The van der Waals surface area contributed by atoms with Crippen molar-refractivity contribution < 1.29 is 0 Å². The lowest BCUT2D eigenvalue weighted by molar-refractivity contribution is 0.960. The quantitative estimate of drug-likeness (QED) is 0.884. The molecule has 1 nitrogen and oxygen atoms in total. The number of hydrogen-bond donors (Lipinski definition) is 1. The number of benzene rings is 1. The van der Waals surface area contributed by atoms with E-state index in [0.717, 1.165) is 10.8 Å². The lowest BCUT2D eigenvalue weighted by Gasteiger charge is -2.13. The first-order chi connectivity index (χ1) is 8.31. The summed E-state index contributed by atoms with van der Waals surface area (Å²) < 4.78 is 0. The van der Waals surface area contributed by atoms with Gasteiger partial charge in [-0.25, -0.2) is 0 Å². The van der Waals surface area contributed by atoms with Crippen LogP contribution < -0.4 is 5.73 Å². The van der Waals surface area contributed by atoms with Crippen LogP contribution in [0.3, 0.4) is 0 Å². The zero-order valence-corrected chi connectivity index (χ0v) is 11.7. The molecule has 1 heterocycles. The van der Waals surface area contributed by atoms with Crippen LogP contribution in [0.15, 0.2) is 41.8 Å². The molecule has 0 amide bonds. The molecular weight excluding hydrogens is 270 g/mol. The third kappa shape index (κ3) is 3.49. The van der Waals surface area contributed by atoms with Crippen LogP contribution >= 0.6 is 34.7 Å².